The van der Waals surface area contributed by atoms with Crippen LogP contribution in [0.1, 0.15) is 12.8 Å². The fourth-order valence-corrected chi connectivity index (χ4v) is 2.97. The van der Waals surface area contributed by atoms with Gasteiger partial charge in [-0.25, -0.2) is 0 Å². The molecule has 0 unspecified atom stereocenters. The van der Waals surface area contributed by atoms with Crippen molar-refractivity contribution in [3.63, 3.8) is 0 Å². The fraction of sp³-hybridized carbons (Fsp3) is 0.300. The molecule has 0 spiro atoms. The van der Waals surface area contributed by atoms with Crippen molar-refractivity contribution in [3.8, 4) is 23.0 Å². The number of alkyl halides is 3. The van der Waals surface area contributed by atoms with Crippen LogP contribution in [-0.4, -0.2) is 26.2 Å². The molecule has 0 radical (unpaired) electrons. The fourth-order valence-electron chi connectivity index (χ4n) is 2.26. The zero-order valence-corrected chi connectivity index (χ0v) is 19.0. The largest absolute Gasteiger partial charge is 0.573 e. The second-order valence-corrected chi connectivity index (χ2v) is 7.52. The number of rotatable bonds is 11. The summed E-state index contributed by atoms with van der Waals surface area (Å²) in [5, 5.41) is 0.506. The molecule has 170 valence electrons. The predicted molar refractivity (Wildman–Crippen MR) is 113 cm³/mol. The molecule has 0 amide bonds. The summed E-state index contributed by atoms with van der Waals surface area (Å²) in [5.74, 6) is 0.781. The molecule has 0 fully saturated rings. The average Bonchev–Trinajstić information content (AvgIpc) is 2.66. The smallest absolute Gasteiger partial charge is 0.494 e. The van der Waals surface area contributed by atoms with E-state index in [1.807, 2.05) is 0 Å². The van der Waals surface area contributed by atoms with E-state index in [-0.39, 0.29) is 22.4 Å². The van der Waals surface area contributed by atoms with Gasteiger partial charge in [0.05, 0.1) is 23.3 Å². The quantitative estimate of drug-likeness (QED) is 0.213. The highest BCUT2D eigenvalue weighted by molar-refractivity contribution is 9.11. The van der Waals surface area contributed by atoms with E-state index >= 15 is 0 Å². The zero-order chi connectivity index (χ0) is 22.9. The number of hydrogen-bond donors (Lipinski definition) is 0. The molecule has 11 heteroatoms. The summed E-state index contributed by atoms with van der Waals surface area (Å²) in [4.78, 5) is 0. The summed E-state index contributed by atoms with van der Waals surface area (Å²) < 4.78 is 68.6. The van der Waals surface area contributed by atoms with E-state index in [0.29, 0.717) is 43.3 Å². The molecule has 0 aliphatic carbocycles. The highest BCUT2D eigenvalue weighted by Gasteiger charge is 2.30. The van der Waals surface area contributed by atoms with Crippen molar-refractivity contribution in [1.82, 2.24) is 0 Å². The Morgan fingerprint density at radius 1 is 0.871 bits per heavy atom. The molecule has 0 atom stereocenters. The van der Waals surface area contributed by atoms with Crippen molar-refractivity contribution in [1.29, 1.82) is 0 Å². The van der Waals surface area contributed by atoms with Crippen LogP contribution in [0.15, 0.2) is 47.2 Å². The Hall–Kier alpha value is -1.84. The van der Waals surface area contributed by atoms with Crippen LogP contribution in [-0.2, 0) is 0 Å². The second-order valence-electron chi connectivity index (χ2n) is 5.94. The maximum Gasteiger partial charge on any atom is 0.573 e. The molecular weight excluding hydrogens is 531 g/mol. The Balaban J connectivity index is 1.71. The molecule has 0 heterocycles. The number of unbranched alkanes of at least 4 members (excludes halogenated alkanes) is 1. The Morgan fingerprint density at radius 2 is 1.42 bits per heavy atom. The van der Waals surface area contributed by atoms with Gasteiger partial charge in [-0.15, -0.1) is 13.2 Å². The van der Waals surface area contributed by atoms with Gasteiger partial charge >= 0.3 is 6.36 Å². The molecule has 0 saturated heterocycles. The summed E-state index contributed by atoms with van der Waals surface area (Å²) in [7, 11) is 0. The third-order valence-electron chi connectivity index (χ3n) is 3.57. The van der Waals surface area contributed by atoms with Crippen LogP contribution < -0.4 is 18.9 Å². The number of halogens is 7. The lowest BCUT2D eigenvalue weighted by atomic mass is 10.3. The average molecular weight is 548 g/mol. The van der Waals surface area contributed by atoms with E-state index in [2.05, 4.69) is 20.7 Å². The molecule has 2 rings (SSSR count). The molecule has 0 bridgehead atoms. The Bertz CT molecular complexity index is 849. The van der Waals surface area contributed by atoms with Gasteiger partial charge in [-0.3, -0.25) is 0 Å². The summed E-state index contributed by atoms with van der Waals surface area (Å²) >= 11 is 15.0. The molecule has 0 saturated carbocycles. The zero-order valence-electron chi connectivity index (χ0n) is 15.9. The monoisotopic (exact) mass is 546 g/mol. The standard InChI is InChI=1S/C20H17BrCl2F4O4/c21-18(24)7-10-29-15-11-16(22)19(17(23)12-15)30-9-2-1-8-28-13-3-5-14(6-4-13)31-20(25,26)27/h3-7,11-12H,1-2,8-10H2. The lowest BCUT2D eigenvalue weighted by Gasteiger charge is -2.12. The van der Waals surface area contributed by atoms with Gasteiger partial charge in [0, 0.05) is 12.1 Å². The first-order valence-corrected chi connectivity index (χ1v) is 10.4. The van der Waals surface area contributed by atoms with Crippen molar-refractivity contribution in [3.05, 3.63) is 57.3 Å². The van der Waals surface area contributed by atoms with Crippen LogP contribution >= 0.6 is 39.1 Å². The normalized spacial score (nSPS) is 11.9. The Morgan fingerprint density at radius 3 is 1.97 bits per heavy atom. The maximum absolute atomic E-state index is 12.6. The van der Waals surface area contributed by atoms with Gasteiger partial charge in [-0.05, 0) is 59.1 Å². The van der Waals surface area contributed by atoms with E-state index < -0.39 is 11.1 Å². The maximum atomic E-state index is 12.6. The van der Waals surface area contributed by atoms with Crippen molar-refractivity contribution in [2.45, 2.75) is 19.2 Å². The van der Waals surface area contributed by atoms with Gasteiger partial charge in [0.1, 0.15) is 23.9 Å². The first kappa shape index (κ1) is 25.4. The van der Waals surface area contributed by atoms with Gasteiger partial charge in [0.2, 0.25) is 0 Å². The first-order valence-electron chi connectivity index (χ1n) is 8.88. The van der Waals surface area contributed by atoms with Gasteiger partial charge < -0.3 is 18.9 Å². The third kappa shape index (κ3) is 9.88. The highest BCUT2D eigenvalue weighted by atomic mass is 79.9. The lowest BCUT2D eigenvalue weighted by Crippen LogP contribution is -2.16. The van der Waals surface area contributed by atoms with Crippen LogP contribution in [0.4, 0.5) is 17.6 Å². The number of hydrogen-bond acceptors (Lipinski definition) is 4. The van der Waals surface area contributed by atoms with Crippen molar-refractivity contribution in [2.24, 2.45) is 0 Å². The van der Waals surface area contributed by atoms with Gasteiger partial charge in [-0.2, -0.15) is 4.39 Å². The minimum absolute atomic E-state index is 0.00201. The van der Waals surface area contributed by atoms with Gasteiger partial charge in [0.25, 0.3) is 0 Å². The molecule has 31 heavy (non-hydrogen) atoms. The van der Waals surface area contributed by atoms with Crippen molar-refractivity contribution < 1.29 is 36.5 Å². The van der Waals surface area contributed by atoms with Gasteiger partial charge in [-0.1, -0.05) is 23.2 Å². The van der Waals surface area contributed by atoms with E-state index in [1.165, 1.54) is 42.5 Å². The molecule has 0 aromatic heterocycles. The molecule has 0 aliphatic rings. The minimum Gasteiger partial charge on any atom is -0.494 e. The topological polar surface area (TPSA) is 36.9 Å². The summed E-state index contributed by atoms with van der Waals surface area (Å²) in [5.41, 5.74) is 0. The molecule has 2 aromatic rings. The molecule has 4 nitrogen and oxygen atoms in total. The van der Waals surface area contributed by atoms with Gasteiger partial charge in [0.15, 0.2) is 10.5 Å². The van der Waals surface area contributed by atoms with Crippen LogP contribution in [0.5, 0.6) is 23.0 Å². The van der Waals surface area contributed by atoms with E-state index in [9.17, 15) is 17.6 Å². The van der Waals surface area contributed by atoms with Crippen LogP contribution in [0, 0.1) is 0 Å². The third-order valence-corrected chi connectivity index (χ3v) is 4.46. The number of ether oxygens (including phenoxy) is 4. The highest BCUT2D eigenvalue weighted by Crippen LogP contribution is 2.37. The predicted octanol–water partition coefficient (Wildman–Crippen LogP) is 7.71. The van der Waals surface area contributed by atoms with E-state index in [1.54, 1.807) is 0 Å². The Kier molecular flexibility index (Phi) is 10.1. The summed E-state index contributed by atoms with van der Waals surface area (Å²) in [6.45, 7) is 0.662. The molecular formula is C20H17BrCl2F4O4. The lowest BCUT2D eigenvalue weighted by molar-refractivity contribution is -0.274. The Labute approximate surface area is 194 Å². The van der Waals surface area contributed by atoms with E-state index in [4.69, 9.17) is 37.4 Å². The molecule has 2 aromatic carbocycles. The van der Waals surface area contributed by atoms with Crippen LogP contribution in [0.25, 0.3) is 0 Å². The van der Waals surface area contributed by atoms with Crippen LogP contribution in [0.2, 0.25) is 10.0 Å². The van der Waals surface area contributed by atoms with E-state index in [0.717, 1.165) is 0 Å². The minimum atomic E-state index is -4.73. The molecule has 0 aliphatic heterocycles. The first-order chi connectivity index (χ1) is 14.6. The molecule has 0 N–H and O–H groups in total. The van der Waals surface area contributed by atoms with Crippen molar-refractivity contribution in [2.75, 3.05) is 19.8 Å². The SMILES string of the molecule is FC(Br)=CCOc1cc(Cl)c(OCCCCOc2ccc(OC(F)(F)F)cc2)c(Cl)c1. The number of benzene rings is 2. The summed E-state index contributed by atoms with van der Waals surface area (Å²) in [6, 6.07) is 8.16. The van der Waals surface area contributed by atoms with Crippen molar-refractivity contribution >= 4 is 39.1 Å². The van der Waals surface area contributed by atoms with Crippen LogP contribution in [0.3, 0.4) is 0 Å². The summed E-state index contributed by atoms with van der Waals surface area (Å²) in [6.07, 6.45) is -2.29. The second kappa shape index (κ2) is 12.3.